The molecule has 122 valence electrons. The molecule has 22 heavy (non-hydrogen) atoms. The number of nitrogens with zero attached hydrogens (tertiary/aromatic N) is 1. The van der Waals surface area contributed by atoms with E-state index in [1.807, 2.05) is 13.8 Å². The van der Waals surface area contributed by atoms with Crippen molar-refractivity contribution in [2.24, 2.45) is 0 Å². The van der Waals surface area contributed by atoms with Gasteiger partial charge in [0.2, 0.25) is 0 Å². The van der Waals surface area contributed by atoms with E-state index < -0.39 is 5.60 Å². The fraction of sp³-hybridized carbons (Fsp3) is 0.667. The molecule has 1 saturated heterocycles. The fourth-order valence-electron chi connectivity index (χ4n) is 3.56. The molecule has 2 N–H and O–H groups in total. The van der Waals surface area contributed by atoms with Crippen LogP contribution in [0.2, 0.25) is 0 Å². The summed E-state index contributed by atoms with van der Waals surface area (Å²) in [7, 11) is 0. The van der Waals surface area contributed by atoms with Crippen molar-refractivity contribution in [2.75, 3.05) is 29.9 Å². The average Bonchev–Trinajstić information content (AvgIpc) is 2.47. The first-order chi connectivity index (χ1) is 10.5. The molecule has 0 bridgehead atoms. The Balaban J connectivity index is 1.69. The first kappa shape index (κ1) is 16.2. The van der Waals surface area contributed by atoms with E-state index in [2.05, 4.69) is 40.2 Å². The third kappa shape index (κ3) is 4.18. The lowest BCUT2D eigenvalue weighted by atomic mass is 9.96. The third-order valence-electron chi connectivity index (χ3n) is 4.48. The lowest BCUT2D eigenvalue weighted by Crippen LogP contribution is -2.41. The zero-order chi connectivity index (χ0) is 15.6. The topological polar surface area (TPSA) is 35.5 Å². The molecule has 0 aliphatic carbocycles. The molecule has 2 heterocycles. The Morgan fingerprint density at radius 1 is 1.41 bits per heavy atom. The van der Waals surface area contributed by atoms with E-state index in [4.69, 9.17) is 0 Å². The van der Waals surface area contributed by atoms with Crippen LogP contribution in [-0.2, 0) is 13.0 Å². The van der Waals surface area contributed by atoms with Gasteiger partial charge in [-0.2, -0.15) is 11.8 Å². The molecular weight excluding hydrogens is 292 g/mol. The van der Waals surface area contributed by atoms with Crippen molar-refractivity contribution >= 4 is 17.4 Å². The molecule has 2 aliphatic rings. The smallest absolute Gasteiger partial charge is 0.0718 e. The van der Waals surface area contributed by atoms with Crippen LogP contribution in [0.25, 0.3) is 0 Å². The molecule has 2 aliphatic heterocycles. The second kappa shape index (κ2) is 6.81. The summed E-state index contributed by atoms with van der Waals surface area (Å²) >= 11 is 2.07. The molecule has 0 spiro atoms. The molecule has 0 amide bonds. The van der Waals surface area contributed by atoms with Gasteiger partial charge >= 0.3 is 0 Å². The summed E-state index contributed by atoms with van der Waals surface area (Å²) in [6.07, 6.45) is 3.70. The van der Waals surface area contributed by atoms with E-state index in [0.29, 0.717) is 6.04 Å². The SMILES string of the molecule is CC(C)(O)CN1CCc2c(cccc2N[C@H]2CCCSC2)C1. The number of hydrogen-bond donors (Lipinski definition) is 2. The maximum atomic E-state index is 10.0. The number of β-amino-alcohol motifs (C(OH)–C–C–N with tert-alkyl or cyclic N) is 1. The number of rotatable bonds is 4. The molecule has 0 saturated carbocycles. The van der Waals surface area contributed by atoms with Gasteiger partial charge in [0.05, 0.1) is 5.60 Å². The van der Waals surface area contributed by atoms with Crippen LogP contribution in [0.3, 0.4) is 0 Å². The van der Waals surface area contributed by atoms with Crippen LogP contribution >= 0.6 is 11.8 Å². The summed E-state index contributed by atoms with van der Waals surface area (Å²) in [5.74, 6) is 2.55. The van der Waals surface area contributed by atoms with Crippen molar-refractivity contribution in [1.29, 1.82) is 0 Å². The molecule has 3 rings (SSSR count). The van der Waals surface area contributed by atoms with Crippen molar-refractivity contribution < 1.29 is 5.11 Å². The fourth-order valence-corrected chi connectivity index (χ4v) is 4.63. The largest absolute Gasteiger partial charge is 0.389 e. The number of benzene rings is 1. The van der Waals surface area contributed by atoms with Gasteiger partial charge in [0.1, 0.15) is 0 Å². The van der Waals surface area contributed by atoms with E-state index in [1.54, 1.807) is 0 Å². The summed E-state index contributed by atoms with van der Waals surface area (Å²) in [6, 6.07) is 7.28. The summed E-state index contributed by atoms with van der Waals surface area (Å²) in [4.78, 5) is 2.36. The Kier molecular flexibility index (Phi) is 5.00. The van der Waals surface area contributed by atoms with Gasteiger partial charge < -0.3 is 10.4 Å². The van der Waals surface area contributed by atoms with Gasteiger partial charge in [-0.15, -0.1) is 0 Å². The molecule has 1 atom stereocenters. The second-order valence-corrected chi connectivity index (χ2v) is 8.42. The summed E-state index contributed by atoms with van der Waals surface area (Å²) in [5, 5.41) is 13.8. The van der Waals surface area contributed by atoms with E-state index >= 15 is 0 Å². The number of thioether (sulfide) groups is 1. The van der Waals surface area contributed by atoms with E-state index in [-0.39, 0.29) is 0 Å². The number of anilines is 1. The molecule has 0 aromatic heterocycles. The Morgan fingerprint density at radius 2 is 2.27 bits per heavy atom. The molecule has 3 nitrogen and oxygen atoms in total. The number of fused-ring (bicyclic) bond motifs is 1. The van der Waals surface area contributed by atoms with Crippen molar-refractivity contribution in [1.82, 2.24) is 4.90 Å². The van der Waals surface area contributed by atoms with Crippen molar-refractivity contribution in [3.63, 3.8) is 0 Å². The third-order valence-corrected chi connectivity index (χ3v) is 5.69. The number of nitrogens with one attached hydrogen (secondary N) is 1. The predicted molar refractivity (Wildman–Crippen MR) is 95.7 cm³/mol. The maximum Gasteiger partial charge on any atom is 0.0718 e. The van der Waals surface area contributed by atoms with Crippen LogP contribution in [0.4, 0.5) is 5.69 Å². The Bertz CT molecular complexity index is 506. The highest BCUT2D eigenvalue weighted by Crippen LogP contribution is 2.29. The van der Waals surface area contributed by atoms with Gasteiger partial charge in [-0.3, -0.25) is 4.90 Å². The zero-order valence-corrected chi connectivity index (χ0v) is 14.6. The lowest BCUT2D eigenvalue weighted by Gasteiger charge is -2.34. The highest BCUT2D eigenvalue weighted by molar-refractivity contribution is 7.99. The van der Waals surface area contributed by atoms with Crippen LogP contribution in [0.15, 0.2) is 18.2 Å². The molecule has 0 radical (unpaired) electrons. The lowest BCUT2D eigenvalue weighted by molar-refractivity contribution is 0.0318. The maximum absolute atomic E-state index is 10.0. The molecule has 1 aromatic rings. The average molecular weight is 321 g/mol. The number of hydrogen-bond acceptors (Lipinski definition) is 4. The van der Waals surface area contributed by atoms with Gasteiger partial charge in [-0.05, 0) is 56.1 Å². The van der Waals surface area contributed by atoms with Gasteiger partial charge in [0, 0.05) is 37.1 Å². The normalized spacial score (nSPS) is 23.1. The first-order valence-corrected chi connectivity index (χ1v) is 9.56. The highest BCUT2D eigenvalue weighted by atomic mass is 32.2. The predicted octanol–water partition coefficient (Wildman–Crippen LogP) is 3.12. The van der Waals surface area contributed by atoms with E-state index in [1.165, 1.54) is 41.2 Å². The molecule has 0 unspecified atom stereocenters. The first-order valence-electron chi connectivity index (χ1n) is 8.41. The zero-order valence-electron chi connectivity index (χ0n) is 13.8. The van der Waals surface area contributed by atoms with Crippen LogP contribution < -0.4 is 5.32 Å². The molecule has 4 heteroatoms. The highest BCUT2D eigenvalue weighted by Gasteiger charge is 2.24. The minimum absolute atomic E-state index is 0.618. The van der Waals surface area contributed by atoms with Gasteiger partial charge in [-0.1, -0.05) is 12.1 Å². The second-order valence-electron chi connectivity index (χ2n) is 7.27. The van der Waals surface area contributed by atoms with E-state index in [9.17, 15) is 5.11 Å². The van der Waals surface area contributed by atoms with Crippen LogP contribution in [-0.4, -0.2) is 46.2 Å². The van der Waals surface area contributed by atoms with E-state index in [0.717, 1.165) is 26.1 Å². The molecule has 1 aromatic carbocycles. The quantitative estimate of drug-likeness (QED) is 0.893. The van der Waals surface area contributed by atoms with Crippen molar-refractivity contribution in [2.45, 2.75) is 51.3 Å². The molecular formula is C18H28N2OS. The van der Waals surface area contributed by atoms with Crippen LogP contribution in [0.5, 0.6) is 0 Å². The van der Waals surface area contributed by atoms with Crippen LogP contribution in [0, 0.1) is 0 Å². The van der Waals surface area contributed by atoms with Crippen molar-refractivity contribution in [3.8, 4) is 0 Å². The summed E-state index contributed by atoms with van der Waals surface area (Å²) < 4.78 is 0. The summed E-state index contributed by atoms with van der Waals surface area (Å²) in [6.45, 7) is 6.51. The molecule has 1 fully saturated rings. The Morgan fingerprint density at radius 3 is 3.00 bits per heavy atom. The summed E-state index contributed by atoms with van der Waals surface area (Å²) in [5.41, 5.74) is 3.63. The number of aliphatic hydroxyl groups is 1. The van der Waals surface area contributed by atoms with Crippen molar-refractivity contribution in [3.05, 3.63) is 29.3 Å². The minimum atomic E-state index is -0.618. The van der Waals surface area contributed by atoms with Gasteiger partial charge in [-0.25, -0.2) is 0 Å². The Labute approximate surface area is 138 Å². The monoisotopic (exact) mass is 320 g/mol. The van der Waals surface area contributed by atoms with Crippen LogP contribution in [0.1, 0.15) is 37.8 Å². The Hall–Kier alpha value is -0.710. The van der Waals surface area contributed by atoms with Gasteiger partial charge in [0.15, 0.2) is 0 Å². The standard InChI is InChI=1S/C18H28N2OS/c1-18(2,21)13-20-9-8-16-14(11-20)5-3-7-17(16)19-15-6-4-10-22-12-15/h3,5,7,15,19,21H,4,6,8-13H2,1-2H3/t15-/m0/s1. The minimum Gasteiger partial charge on any atom is -0.389 e. The van der Waals surface area contributed by atoms with Gasteiger partial charge in [0.25, 0.3) is 0 Å².